The summed E-state index contributed by atoms with van der Waals surface area (Å²) in [6.45, 7) is 6.15. The molecular weight excluding hydrogens is 290 g/mol. The Labute approximate surface area is 130 Å². The van der Waals surface area contributed by atoms with Crippen molar-refractivity contribution in [3.63, 3.8) is 0 Å². The number of carbonyl (C=O) groups excluding carboxylic acids is 1. The predicted octanol–water partition coefficient (Wildman–Crippen LogP) is 1.48. The van der Waals surface area contributed by atoms with Gasteiger partial charge in [0.2, 0.25) is 0 Å². The van der Waals surface area contributed by atoms with Gasteiger partial charge in [-0.25, -0.2) is 10.8 Å². The zero-order valence-corrected chi connectivity index (χ0v) is 13.0. The molecule has 7 heteroatoms. The van der Waals surface area contributed by atoms with Crippen LogP contribution in [0.25, 0.3) is 0 Å². The van der Waals surface area contributed by atoms with Crippen molar-refractivity contribution in [3.8, 4) is 0 Å². The predicted molar refractivity (Wildman–Crippen MR) is 84.2 cm³/mol. The number of carbonyl (C=O) groups is 1. The Morgan fingerprint density at radius 1 is 1.48 bits per heavy atom. The van der Waals surface area contributed by atoms with Crippen LogP contribution in [-0.2, 0) is 0 Å². The fourth-order valence-corrected chi connectivity index (χ4v) is 2.75. The van der Waals surface area contributed by atoms with E-state index in [1.165, 1.54) is 32.0 Å². The first-order valence-electron chi connectivity index (χ1n) is 7.23. The van der Waals surface area contributed by atoms with Crippen LogP contribution in [-0.4, -0.2) is 42.0 Å². The first kappa shape index (κ1) is 16.0. The number of rotatable bonds is 6. The Balaban J connectivity index is 1.84. The second kappa shape index (κ2) is 7.59. The van der Waals surface area contributed by atoms with Crippen molar-refractivity contribution in [2.45, 2.75) is 19.8 Å². The molecule has 2 heterocycles. The quantitative estimate of drug-likeness (QED) is 0.421. The number of nitrogen functional groups attached to an aromatic ring is 1. The van der Waals surface area contributed by atoms with E-state index in [0.717, 1.165) is 6.54 Å². The summed E-state index contributed by atoms with van der Waals surface area (Å²) in [4.78, 5) is 18.5. The highest BCUT2D eigenvalue weighted by Gasteiger charge is 2.16. The lowest BCUT2D eigenvalue weighted by Crippen LogP contribution is -2.34. The summed E-state index contributed by atoms with van der Waals surface area (Å²) in [6, 6.07) is 3.11. The summed E-state index contributed by atoms with van der Waals surface area (Å²) >= 11 is 5.86. The van der Waals surface area contributed by atoms with E-state index in [2.05, 4.69) is 27.6 Å². The van der Waals surface area contributed by atoms with Crippen LogP contribution in [0.1, 0.15) is 30.1 Å². The number of amides is 1. The minimum atomic E-state index is -0.163. The van der Waals surface area contributed by atoms with Crippen molar-refractivity contribution in [2.75, 3.05) is 31.6 Å². The Morgan fingerprint density at radius 3 is 2.86 bits per heavy atom. The molecule has 21 heavy (non-hydrogen) atoms. The minimum absolute atomic E-state index is 0.163. The van der Waals surface area contributed by atoms with Gasteiger partial charge in [0.05, 0.1) is 0 Å². The lowest BCUT2D eigenvalue weighted by Gasteiger charge is -2.20. The number of nitrogens with zero attached hydrogens (tertiary/aromatic N) is 2. The van der Waals surface area contributed by atoms with Gasteiger partial charge in [0.1, 0.15) is 11.0 Å². The van der Waals surface area contributed by atoms with Gasteiger partial charge in [-0.1, -0.05) is 18.5 Å². The molecule has 1 aromatic heterocycles. The average molecular weight is 312 g/mol. The zero-order valence-electron chi connectivity index (χ0n) is 12.2. The van der Waals surface area contributed by atoms with E-state index in [4.69, 9.17) is 17.4 Å². The Kier molecular flexibility index (Phi) is 5.78. The number of hydrogen-bond acceptors (Lipinski definition) is 5. The second-order valence-corrected chi connectivity index (χ2v) is 5.92. The van der Waals surface area contributed by atoms with Gasteiger partial charge >= 0.3 is 0 Å². The topological polar surface area (TPSA) is 83.3 Å². The largest absolute Gasteiger partial charge is 0.352 e. The van der Waals surface area contributed by atoms with Crippen molar-refractivity contribution >= 4 is 23.3 Å². The number of anilines is 1. The molecule has 0 saturated carbocycles. The number of pyridine rings is 1. The lowest BCUT2D eigenvalue weighted by molar-refractivity contribution is 0.0945. The van der Waals surface area contributed by atoms with Crippen molar-refractivity contribution in [1.29, 1.82) is 0 Å². The van der Waals surface area contributed by atoms with Gasteiger partial charge in [0.15, 0.2) is 0 Å². The Morgan fingerprint density at radius 2 is 2.19 bits per heavy atom. The molecule has 0 aromatic carbocycles. The smallest absolute Gasteiger partial charge is 0.251 e. The fourth-order valence-electron chi connectivity index (χ4n) is 2.54. The van der Waals surface area contributed by atoms with Crippen LogP contribution in [0.4, 0.5) is 5.82 Å². The number of aromatic nitrogens is 1. The molecule has 0 radical (unpaired) electrons. The van der Waals surface area contributed by atoms with Crippen LogP contribution < -0.4 is 16.6 Å². The first-order valence-corrected chi connectivity index (χ1v) is 7.61. The van der Waals surface area contributed by atoms with Gasteiger partial charge in [-0.3, -0.25) is 4.79 Å². The van der Waals surface area contributed by atoms with Gasteiger partial charge in [-0.05, 0) is 44.0 Å². The van der Waals surface area contributed by atoms with Crippen molar-refractivity contribution < 1.29 is 4.79 Å². The van der Waals surface area contributed by atoms with Crippen molar-refractivity contribution in [3.05, 3.63) is 22.8 Å². The lowest BCUT2D eigenvalue weighted by atomic mass is 10.1. The molecule has 1 aromatic rings. The standard InChI is InChI=1S/C14H22ClN5O/c1-10(9-20-4-2-3-5-20)8-17-14(21)11-6-12(15)18-13(7-11)19-16/h6-7,10H,2-5,8-9,16H2,1H3,(H,17,21)(H,18,19). The maximum absolute atomic E-state index is 12.1. The normalized spacial score (nSPS) is 16.7. The van der Waals surface area contributed by atoms with Gasteiger partial charge in [0.25, 0.3) is 5.91 Å². The molecule has 1 atom stereocenters. The third-order valence-electron chi connectivity index (χ3n) is 3.58. The van der Waals surface area contributed by atoms with E-state index >= 15 is 0 Å². The van der Waals surface area contributed by atoms with Crippen LogP contribution >= 0.6 is 11.6 Å². The third-order valence-corrected chi connectivity index (χ3v) is 3.78. The summed E-state index contributed by atoms with van der Waals surface area (Å²) < 4.78 is 0. The summed E-state index contributed by atoms with van der Waals surface area (Å²) in [5.74, 6) is 5.92. The van der Waals surface area contributed by atoms with Gasteiger partial charge in [-0.15, -0.1) is 0 Å². The molecule has 1 amide bonds. The monoisotopic (exact) mass is 311 g/mol. The molecule has 1 saturated heterocycles. The van der Waals surface area contributed by atoms with Crippen LogP contribution in [0.5, 0.6) is 0 Å². The third kappa shape index (κ3) is 4.84. The molecule has 4 N–H and O–H groups in total. The van der Waals surface area contributed by atoms with Gasteiger partial charge < -0.3 is 15.6 Å². The number of halogens is 1. The molecule has 0 bridgehead atoms. The molecule has 2 rings (SSSR count). The number of nitrogens with one attached hydrogen (secondary N) is 2. The number of hydrazine groups is 1. The van der Waals surface area contributed by atoms with Crippen molar-refractivity contribution in [2.24, 2.45) is 11.8 Å². The Bertz CT molecular complexity index is 490. The summed E-state index contributed by atoms with van der Waals surface area (Å²) in [6.07, 6.45) is 2.56. The van der Waals surface area contributed by atoms with E-state index < -0.39 is 0 Å². The van der Waals surface area contributed by atoms with Crippen LogP contribution in [0.3, 0.4) is 0 Å². The van der Waals surface area contributed by atoms with Crippen LogP contribution in [0, 0.1) is 5.92 Å². The molecule has 1 unspecified atom stereocenters. The molecule has 0 aliphatic carbocycles. The van der Waals surface area contributed by atoms with Crippen LogP contribution in [0.2, 0.25) is 5.15 Å². The highest BCUT2D eigenvalue weighted by molar-refractivity contribution is 6.29. The minimum Gasteiger partial charge on any atom is -0.352 e. The molecule has 1 aliphatic heterocycles. The van der Waals surface area contributed by atoms with Crippen LogP contribution in [0.15, 0.2) is 12.1 Å². The highest BCUT2D eigenvalue weighted by Crippen LogP contribution is 2.14. The SMILES string of the molecule is CC(CNC(=O)c1cc(Cl)nc(NN)c1)CN1CCCC1. The molecule has 0 spiro atoms. The fraction of sp³-hybridized carbons (Fsp3) is 0.571. The average Bonchev–Trinajstić information content (AvgIpc) is 2.96. The van der Waals surface area contributed by atoms with Crippen molar-refractivity contribution in [1.82, 2.24) is 15.2 Å². The number of hydrogen-bond donors (Lipinski definition) is 3. The zero-order chi connectivity index (χ0) is 15.2. The second-order valence-electron chi connectivity index (χ2n) is 5.53. The number of nitrogens with two attached hydrogens (primary N) is 1. The highest BCUT2D eigenvalue weighted by atomic mass is 35.5. The Hall–Kier alpha value is -1.37. The van der Waals surface area contributed by atoms with Gasteiger partial charge in [-0.2, -0.15) is 0 Å². The van der Waals surface area contributed by atoms with Gasteiger partial charge in [0, 0.05) is 18.7 Å². The first-order chi connectivity index (χ1) is 10.1. The molecule has 6 nitrogen and oxygen atoms in total. The molecule has 116 valence electrons. The van der Waals surface area contributed by atoms with E-state index in [1.807, 2.05) is 0 Å². The maximum Gasteiger partial charge on any atom is 0.251 e. The maximum atomic E-state index is 12.1. The van der Waals surface area contributed by atoms with E-state index in [1.54, 1.807) is 6.07 Å². The molecule has 1 fully saturated rings. The molecule has 1 aliphatic rings. The van der Waals surface area contributed by atoms with E-state index in [-0.39, 0.29) is 11.1 Å². The summed E-state index contributed by atoms with van der Waals surface area (Å²) in [7, 11) is 0. The summed E-state index contributed by atoms with van der Waals surface area (Å²) in [5.41, 5.74) is 2.85. The molecular formula is C14H22ClN5O. The van der Waals surface area contributed by atoms with E-state index in [0.29, 0.717) is 23.8 Å². The summed E-state index contributed by atoms with van der Waals surface area (Å²) in [5, 5.41) is 3.17. The number of likely N-dealkylation sites (tertiary alicyclic amines) is 1. The van der Waals surface area contributed by atoms with E-state index in [9.17, 15) is 4.79 Å².